The highest BCUT2D eigenvalue weighted by Crippen LogP contribution is 2.25. The van der Waals surface area contributed by atoms with Crippen molar-refractivity contribution >= 4 is 6.29 Å². The summed E-state index contributed by atoms with van der Waals surface area (Å²) < 4.78 is 0. The first kappa shape index (κ1) is 10.1. The number of hydrogen-bond donors (Lipinski definition) is 3. The molecule has 4 nitrogen and oxygen atoms in total. The second kappa shape index (κ2) is 4.30. The van der Waals surface area contributed by atoms with Crippen molar-refractivity contribution in [3.63, 3.8) is 0 Å². The molecular weight excluding hydrogens is 182 g/mol. The summed E-state index contributed by atoms with van der Waals surface area (Å²) in [4.78, 5) is 10.5. The van der Waals surface area contributed by atoms with Crippen molar-refractivity contribution in [1.29, 1.82) is 0 Å². The van der Waals surface area contributed by atoms with Crippen LogP contribution in [0.4, 0.5) is 0 Å². The van der Waals surface area contributed by atoms with Gasteiger partial charge in [-0.25, -0.2) is 0 Å². The molecule has 1 aromatic rings. The van der Waals surface area contributed by atoms with E-state index >= 15 is 0 Å². The van der Waals surface area contributed by atoms with E-state index in [-0.39, 0.29) is 29.2 Å². The Labute approximate surface area is 81.0 Å². The van der Waals surface area contributed by atoms with E-state index in [1.165, 1.54) is 6.07 Å². The van der Waals surface area contributed by atoms with E-state index < -0.39 is 0 Å². The lowest BCUT2D eigenvalue weighted by Crippen LogP contribution is -1.93. The van der Waals surface area contributed by atoms with Gasteiger partial charge in [0, 0.05) is 6.07 Å². The zero-order chi connectivity index (χ0) is 10.6. The lowest BCUT2D eigenvalue weighted by Gasteiger charge is -2.00. The molecule has 0 bridgehead atoms. The van der Waals surface area contributed by atoms with Gasteiger partial charge in [0.05, 0.1) is 17.7 Å². The first-order valence-corrected chi connectivity index (χ1v) is 3.89. The van der Waals surface area contributed by atoms with E-state index in [9.17, 15) is 15.0 Å². The average molecular weight is 191 g/mol. The maximum atomic E-state index is 10.5. The molecular formula is C10H9NO3. The predicted molar refractivity (Wildman–Crippen MR) is 51.1 cm³/mol. The van der Waals surface area contributed by atoms with Crippen molar-refractivity contribution in [1.82, 2.24) is 0 Å². The van der Waals surface area contributed by atoms with Crippen LogP contribution in [0.25, 0.3) is 0 Å². The molecule has 1 rings (SSSR count). The molecule has 0 saturated heterocycles. The predicted octanol–water partition coefficient (Wildman–Crippen LogP) is 0.221. The van der Waals surface area contributed by atoms with Gasteiger partial charge < -0.3 is 15.9 Å². The molecule has 0 radical (unpaired) electrons. The van der Waals surface area contributed by atoms with Crippen LogP contribution < -0.4 is 5.73 Å². The molecule has 0 aliphatic heterocycles. The highest BCUT2D eigenvalue weighted by atomic mass is 16.3. The number of phenolic OH excluding ortho intramolecular Hbond substituents is 2. The van der Waals surface area contributed by atoms with E-state index in [2.05, 4.69) is 11.8 Å². The Morgan fingerprint density at radius 2 is 2.07 bits per heavy atom. The number of carbonyl (C=O) groups excluding carboxylic acids is 1. The lowest BCUT2D eigenvalue weighted by atomic mass is 10.1. The van der Waals surface area contributed by atoms with E-state index in [1.807, 2.05) is 0 Å². The Hall–Kier alpha value is -1.99. The van der Waals surface area contributed by atoms with Crippen molar-refractivity contribution in [2.45, 2.75) is 0 Å². The molecule has 1 aromatic carbocycles. The van der Waals surface area contributed by atoms with E-state index in [0.717, 1.165) is 6.07 Å². The number of phenols is 2. The molecule has 0 saturated carbocycles. The summed E-state index contributed by atoms with van der Waals surface area (Å²) in [6, 6.07) is 2.38. The molecule has 0 fully saturated rings. The van der Waals surface area contributed by atoms with Gasteiger partial charge in [-0.05, 0) is 6.07 Å². The van der Waals surface area contributed by atoms with Gasteiger partial charge in [0.25, 0.3) is 0 Å². The summed E-state index contributed by atoms with van der Waals surface area (Å²) >= 11 is 0. The van der Waals surface area contributed by atoms with Crippen LogP contribution >= 0.6 is 0 Å². The Morgan fingerprint density at radius 3 is 2.64 bits per heavy atom. The second-order valence-corrected chi connectivity index (χ2v) is 2.55. The topological polar surface area (TPSA) is 83.6 Å². The third-order valence-electron chi connectivity index (χ3n) is 1.60. The third kappa shape index (κ3) is 2.03. The molecule has 0 aromatic heterocycles. The Kier molecular flexibility index (Phi) is 3.10. The third-order valence-corrected chi connectivity index (χ3v) is 1.60. The van der Waals surface area contributed by atoms with Gasteiger partial charge in [-0.3, -0.25) is 4.79 Å². The van der Waals surface area contributed by atoms with Crippen molar-refractivity contribution in [2.75, 3.05) is 6.54 Å². The highest BCUT2D eigenvalue weighted by molar-refractivity contribution is 5.81. The maximum absolute atomic E-state index is 10.5. The monoisotopic (exact) mass is 191 g/mol. The van der Waals surface area contributed by atoms with Crippen molar-refractivity contribution < 1.29 is 15.0 Å². The van der Waals surface area contributed by atoms with Gasteiger partial charge in [-0.2, -0.15) is 0 Å². The summed E-state index contributed by atoms with van der Waals surface area (Å²) in [6.07, 6.45) is 0.488. The molecule has 0 aliphatic carbocycles. The smallest absolute Gasteiger partial charge is 0.153 e. The van der Waals surface area contributed by atoms with Gasteiger partial charge >= 0.3 is 0 Å². The average Bonchev–Trinajstić information content (AvgIpc) is 2.17. The Bertz CT molecular complexity index is 415. The first-order valence-electron chi connectivity index (χ1n) is 3.89. The fraction of sp³-hybridized carbons (Fsp3) is 0.100. The number of aldehydes is 1. The number of hydrogen-bond acceptors (Lipinski definition) is 4. The fourth-order valence-electron chi connectivity index (χ4n) is 0.935. The SMILES string of the molecule is NCC#Cc1cc(C=O)c(O)cc1O. The first-order chi connectivity index (χ1) is 6.69. The van der Waals surface area contributed by atoms with E-state index in [4.69, 9.17) is 5.73 Å². The number of carbonyl (C=O) groups is 1. The summed E-state index contributed by atoms with van der Waals surface area (Å²) in [7, 11) is 0. The molecule has 0 amide bonds. The van der Waals surface area contributed by atoms with Gasteiger partial charge in [-0.1, -0.05) is 11.8 Å². The molecule has 0 atom stereocenters. The van der Waals surface area contributed by atoms with Gasteiger partial charge in [0.2, 0.25) is 0 Å². The van der Waals surface area contributed by atoms with Gasteiger partial charge in [-0.15, -0.1) is 0 Å². The number of aromatic hydroxyl groups is 2. The highest BCUT2D eigenvalue weighted by Gasteiger charge is 2.05. The summed E-state index contributed by atoms with van der Waals surface area (Å²) in [5.41, 5.74) is 5.51. The lowest BCUT2D eigenvalue weighted by molar-refractivity contribution is 0.112. The molecule has 4 N–H and O–H groups in total. The zero-order valence-corrected chi connectivity index (χ0v) is 7.32. The van der Waals surface area contributed by atoms with E-state index in [0.29, 0.717) is 6.29 Å². The molecule has 0 spiro atoms. The molecule has 0 heterocycles. The Morgan fingerprint density at radius 1 is 1.36 bits per heavy atom. The number of nitrogens with two attached hydrogens (primary N) is 1. The molecule has 0 aliphatic rings. The van der Waals surface area contributed by atoms with E-state index in [1.54, 1.807) is 0 Å². The minimum absolute atomic E-state index is 0.0871. The van der Waals surface area contributed by atoms with Crippen LogP contribution in [-0.4, -0.2) is 23.0 Å². The normalized spacial score (nSPS) is 8.93. The van der Waals surface area contributed by atoms with Crippen LogP contribution in [0.15, 0.2) is 12.1 Å². The Balaban J connectivity index is 3.24. The van der Waals surface area contributed by atoms with Crippen LogP contribution in [0.3, 0.4) is 0 Å². The number of rotatable bonds is 1. The quantitative estimate of drug-likeness (QED) is 0.438. The minimum Gasteiger partial charge on any atom is -0.507 e. The van der Waals surface area contributed by atoms with Crippen molar-refractivity contribution in [3.05, 3.63) is 23.3 Å². The van der Waals surface area contributed by atoms with Crippen LogP contribution in [0.1, 0.15) is 15.9 Å². The van der Waals surface area contributed by atoms with Crippen LogP contribution in [-0.2, 0) is 0 Å². The molecule has 14 heavy (non-hydrogen) atoms. The standard InChI is InChI=1S/C10H9NO3/c11-3-1-2-7-4-8(6-12)10(14)5-9(7)13/h4-6,13-14H,3,11H2. The van der Waals surface area contributed by atoms with Crippen molar-refractivity contribution in [3.8, 4) is 23.3 Å². The summed E-state index contributed by atoms with van der Waals surface area (Å²) in [5.74, 6) is 4.68. The van der Waals surface area contributed by atoms with Gasteiger partial charge in [0.15, 0.2) is 6.29 Å². The largest absolute Gasteiger partial charge is 0.507 e. The molecule has 4 heteroatoms. The van der Waals surface area contributed by atoms with Crippen LogP contribution in [0.2, 0.25) is 0 Å². The minimum atomic E-state index is -0.268. The van der Waals surface area contributed by atoms with Gasteiger partial charge in [0.1, 0.15) is 11.5 Å². The van der Waals surface area contributed by atoms with Crippen molar-refractivity contribution in [2.24, 2.45) is 5.73 Å². The molecule has 72 valence electrons. The summed E-state index contributed by atoms with van der Waals surface area (Å²) in [5, 5.41) is 18.5. The zero-order valence-electron chi connectivity index (χ0n) is 7.32. The second-order valence-electron chi connectivity index (χ2n) is 2.55. The maximum Gasteiger partial charge on any atom is 0.153 e. The fourth-order valence-corrected chi connectivity index (χ4v) is 0.935. The van der Waals surface area contributed by atoms with Crippen LogP contribution in [0.5, 0.6) is 11.5 Å². The summed E-state index contributed by atoms with van der Waals surface area (Å²) in [6.45, 7) is 0.163. The van der Waals surface area contributed by atoms with Crippen LogP contribution in [0, 0.1) is 11.8 Å². The number of benzene rings is 1. The molecule has 0 unspecified atom stereocenters.